The fraction of sp³-hybridized carbons (Fsp3) is 0.667. The van der Waals surface area contributed by atoms with Crippen LogP contribution in [-0.4, -0.2) is 59.3 Å². The number of rotatable bonds is 9. The Morgan fingerprint density at radius 1 is 1.12 bits per heavy atom. The minimum atomic E-state index is -5.59. The maximum absolute atomic E-state index is 11.8. The van der Waals surface area contributed by atoms with E-state index in [2.05, 4.69) is 18.1 Å². The number of ether oxygens (including phenoxy) is 1. The van der Waals surface area contributed by atoms with Crippen LogP contribution in [-0.2, 0) is 31.6 Å². The summed E-state index contributed by atoms with van der Waals surface area (Å²) in [7, 11) is -15.3. The van der Waals surface area contributed by atoms with E-state index < -0.39 is 48.1 Å². The molecule has 0 bridgehead atoms. The molecule has 188 valence electrons. The summed E-state index contributed by atoms with van der Waals surface area (Å²) in [6.07, 6.45) is 0.230. The SMILES string of the molecule is CC.CO.O=c1nc(NO)ccn1C1CCC(COP(=O)(O)OP(=O)(O)OP(=O)(O)O)O1. The van der Waals surface area contributed by atoms with Gasteiger partial charge in [-0.3, -0.25) is 19.8 Å². The number of nitrogens with one attached hydrogen (secondary N) is 1. The lowest BCUT2D eigenvalue weighted by Gasteiger charge is -2.18. The molecule has 1 aliphatic rings. The summed E-state index contributed by atoms with van der Waals surface area (Å²) < 4.78 is 51.6. The third-order valence-corrected chi connectivity index (χ3v) is 6.98. The molecule has 1 saturated heterocycles. The van der Waals surface area contributed by atoms with E-state index in [4.69, 9.17) is 29.7 Å². The van der Waals surface area contributed by atoms with Crippen LogP contribution in [0.2, 0.25) is 0 Å². The molecule has 0 spiro atoms. The highest BCUT2D eigenvalue weighted by Gasteiger charge is 2.41. The fourth-order valence-electron chi connectivity index (χ4n) is 2.19. The van der Waals surface area contributed by atoms with E-state index in [1.165, 1.54) is 12.3 Å². The maximum atomic E-state index is 11.8. The summed E-state index contributed by atoms with van der Waals surface area (Å²) in [5.74, 6) is -0.0801. The Labute approximate surface area is 182 Å². The van der Waals surface area contributed by atoms with Crippen molar-refractivity contribution in [1.82, 2.24) is 9.55 Å². The Morgan fingerprint density at radius 3 is 2.22 bits per heavy atom. The molecule has 4 atom stereocenters. The number of phosphoric acid groups is 3. The third kappa shape index (κ3) is 11.2. The highest BCUT2D eigenvalue weighted by molar-refractivity contribution is 7.66. The van der Waals surface area contributed by atoms with Crippen LogP contribution in [0.4, 0.5) is 5.82 Å². The number of hydrogen-bond acceptors (Lipinski definition) is 12. The molecule has 0 amide bonds. The Morgan fingerprint density at radius 2 is 1.72 bits per heavy atom. The molecule has 0 aliphatic carbocycles. The molecule has 1 aromatic heterocycles. The molecule has 20 heteroatoms. The minimum absolute atomic E-state index is 0.0801. The van der Waals surface area contributed by atoms with Crippen LogP contribution < -0.4 is 11.2 Å². The molecule has 4 unspecified atom stereocenters. The molecule has 2 heterocycles. The zero-order chi connectivity index (χ0) is 25.2. The van der Waals surface area contributed by atoms with E-state index in [-0.39, 0.29) is 18.7 Å². The van der Waals surface area contributed by atoms with Crippen LogP contribution in [0.15, 0.2) is 17.1 Å². The molecule has 7 N–H and O–H groups in total. The van der Waals surface area contributed by atoms with Crippen LogP contribution in [0, 0.1) is 0 Å². The molecule has 17 nitrogen and oxygen atoms in total. The maximum Gasteiger partial charge on any atom is 0.490 e. The number of anilines is 1. The second kappa shape index (κ2) is 13.6. The monoisotopic (exact) mass is 529 g/mol. The fourth-order valence-corrected chi connectivity index (χ4v) is 5.24. The van der Waals surface area contributed by atoms with Crippen LogP contribution in [0.3, 0.4) is 0 Å². The van der Waals surface area contributed by atoms with Crippen molar-refractivity contribution < 1.29 is 61.5 Å². The lowest BCUT2D eigenvalue weighted by atomic mass is 10.2. The molecule has 1 aromatic rings. The van der Waals surface area contributed by atoms with Crippen molar-refractivity contribution in [2.45, 2.75) is 39.0 Å². The first-order valence-electron chi connectivity index (χ1n) is 8.68. The molecular formula is C12H26N3O14P3. The Balaban J connectivity index is 0.00000227. The highest BCUT2D eigenvalue weighted by Crippen LogP contribution is 2.66. The predicted molar refractivity (Wildman–Crippen MR) is 106 cm³/mol. The molecule has 1 aliphatic heterocycles. The predicted octanol–water partition coefficient (Wildman–Crippen LogP) is 0.700. The molecular weight excluding hydrogens is 503 g/mol. The summed E-state index contributed by atoms with van der Waals surface area (Å²) >= 11 is 0. The lowest BCUT2D eigenvalue weighted by Crippen LogP contribution is -2.27. The minimum Gasteiger partial charge on any atom is -0.400 e. The van der Waals surface area contributed by atoms with Crippen molar-refractivity contribution in [3.8, 4) is 0 Å². The van der Waals surface area contributed by atoms with Gasteiger partial charge in [-0.2, -0.15) is 13.6 Å². The summed E-state index contributed by atoms with van der Waals surface area (Å²) in [5, 5.41) is 15.7. The first kappa shape index (κ1) is 31.0. The number of aliphatic hydroxyl groups excluding tert-OH is 1. The van der Waals surface area contributed by atoms with Crippen molar-refractivity contribution in [3.05, 3.63) is 22.7 Å². The Hall–Kier alpha value is -1.03. The van der Waals surface area contributed by atoms with Gasteiger partial charge in [0.05, 0.1) is 12.7 Å². The van der Waals surface area contributed by atoms with Crippen LogP contribution in [0.1, 0.15) is 32.9 Å². The van der Waals surface area contributed by atoms with Crippen molar-refractivity contribution >= 4 is 29.3 Å². The summed E-state index contributed by atoms with van der Waals surface area (Å²) in [4.78, 5) is 50.7. The van der Waals surface area contributed by atoms with E-state index in [0.29, 0.717) is 0 Å². The zero-order valence-electron chi connectivity index (χ0n) is 17.1. The van der Waals surface area contributed by atoms with Gasteiger partial charge >= 0.3 is 29.2 Å². The number of aromatic nitrogens is 2. The van der Waals surface area contributed by atoms with Crippen molar-refractivity contribution in [1.29, 1.82) is 0 Å². The zero-order valence-corrected chi connectivity index (χ0v) is 19.8. The molecule has 0 saturated carbocycles. The van der Waals surface area contributed by atoms with Crippen molar-refractivity contribution in [2.24, 2.45) is 0 Å². The smallest absolute Gasteiger partial charge is 0.400 e. The van der Waals surface area contributed by atoms with E-state index in [0.717, 1.165) is 11.7 Å². The number of nitrogens with zero attached hydrogens (tertiary/aromatic N) is 2. The first-order valence-corrected chi connectivity index (χ1v) is 13.2. The van der Waals surface area contributed by atoms with Crippen LogP contribution in [0.25, 0.3) is 0 Å². The van der Waals surface area contributed by atoms with Gasteiger partial charge in [0.15, 0.2) is 5.82 Å². The second-order valence-electron chi connectivity index (χ2n) is 5.29. The van der Waals surface area contributed by atoms with Gasteiger partial charge in [0.1, 0.15) is 6.23 Å². The van der Waals surface area contributed by atoms with Gasteiger partial charge in [-0.1, -0.05) is 13.8 Å². The van der Waals surface area contributed by atoms with Crippen molar-refractivity contribution in [2.75, 3.05) is 19.2 Å². The second-order valence-corrected chi connectivity index (χ2v) is 9.71. The van der Waals surface area contributed by atoms with E-state index in [1.54, 1.807) is 5.48 Å². The van der Waals surface area contributed by atoms with Crippen molar-refractivity contribution in [3.63, 3.8) is 0 Å². The van der Waals surface area contributed by atoms with Gasteiger partial charge in [0, 0.05) is 13.3 Å². The number of aliphatic hydroxyl groups is 1. The van der Waals surface area contributed by atoms with E-state index in [1.807, 2.05) is 13.8 Å². The molecule has 0 radical (unpaired) electrons. The van der Waals surface area contributed by atoms with Gasteiger partial charge in [-0.25, -0.2) is 18.5 Å². The van der Waals surface area contributed by atoms with Gasteiger partial charge in [0.2, 0.25) is 0 Å². The van der Waals surface area contributed by atoms with E-state index in [9.17, 15) is 23.4 Å². The number of phosphoric ester groups is 1. The van der Waals surface area contributed by atoms with Gasteiger partial charge in [-0.15, -0.1) is 0 Å². The topological polar surface area (TPSA) is 256 Å². The third-order valence-electron chi connectivity index (χ3n) is 3.18. The largest absolute Gasteiger partial charge is 0.490 e. The summed E-state index contributed by atoms with van der Waals surface area (Å²) in [5.41, 5.74) is 0.965. The standard InChI is InChI=1S/C9H16N3O13P3.C2H6.CH4O/c13-9-10-7(11-14)3-4-12(9)8-2-1-6(23-8)5-22-27(18,19)25-28(20,21)24-26(15,16)17;2*1-2/h3-4,6,8,14H,1-2,5H2,(H,18,19)(H,20,21)(H,10,11,13)(H2,15,16,17);1-2H3;2H,1H3. The van der Waals surface area contributed by atoms with Gasteiger partial charge in [-0.05, 0) is 18.9 Å². The van der Waals surface area contributed by atoms with Crippen LogP contribution in [0.5, 0.6) is 0 Å². The molecule has 1 fully saturated rings. The average Bonchev–Trinajstić information content (AvgIpc) is 3.15. The van der Waals surface area contributed by atoms with E-state index >= 15 is 0 Å². The highest BCUT2D eigenvalue weighted by atomic mass is 31.3. The summed E-state index contributed by atoms with van der Waals surface area (Å²) in [6.45, 7) is 3.39. The quantitative estimate of drug-likeness (QED) is 0.171. The normalized spacial score (nSPS) is 21.8. The van der Waals surface area contributed by atoms with Gasteiger partial charge in [0.25, 0.3) is 0 Å². The Kier molecular flexibility index (Phi) is 13.2. The average molecular weight is 529 g/mol. The van der Waals surface area contributed by atoms with Gasteiger partial charge < -0.3 is 29.4 Å². The summed E-state index contributed by atoms with van der Waals surface area (Å²) in [6, 6.07) is 1.30. The molecule has 32 heavy (non-hydrogen) atoms. The number of hydrogen-bond donors (Lipinski definition) is 7. The Bertz CT molecular complexity index is 904. The first-order chi connectivity index (χ1) is 14.8. The molecule has 0 aromatic carbocycles. The molecule has 2 rings (SSSR count). The van der Waals surface area contributed by atoms with Crippen LogP contribution >= 0.6 is 23.5 Å². The lowest BCUT2D eigenvalue weighted by molar-refractivity contribution is -0.0242.